The van der Waals surface area contributed by atoms with E-state index in [9.17, 15) is 9.59 Å². The highest BCUT2D eigenvalue weighted by atomic mass is 35.5. The van der Waals surface area contributed by atoms with Crippen molar-refractivity contribution in [2.24, 2.45) is 0 Å². The Hall–Kier alpha value is -1.69. The fourth-order valence-electron chi connectivity index (χ4n) is 2.83. The smallest absolute Gasteiger partial charge is 0.242 e. The van der Waals surface area contributed by atoms with Gasteiger partial charge in [0.25, 0.3) is 0 Å². The Bertz CT molecular complexity index is 802. The highest BCUT2D eigenvalue weighted by molar-refractivity contribution is 7.99. The van der Waals surface area contributed by atoms with E-state index in [0.717, 1.165) is 11.1 Å². The molecular weight excluding hydrogens is 415 g/mol. The molecule has 0 radical (unpaired) electrons. The third-order valence-corrected chi connectivity index (χ3v) is 6.03. The van der Waals surface area contributed by atoms with Crippen LogP contribution in [0.1, 0.15) is 24.5 Å². The SMILES string of the molecule is CCC(C(=O)NC)N(Cc1ccccc1)C(=O)CSCc1ccc(Cl)c(Cl)c1. The van der Waals surface area contributed by atoms with Crippen molar-refractivity contribution in [3.05, 3.63) is 69.7 Å². The molecular formula is C21H24Cl2N2O2S. The molecule has 0 spiro atoms. The number of nitrogens with zero attached hydrogens (tertiary/aromatic N) is 1. The minimum Gasteiger partial charge on any atom is -0.357 e. The van der Waals surface area contributed by atoms with E-state index in [1.807, 2.05) is 49.4 Å². The molecule has 1 unspecified atom stereocenters. The minimum atomic E-state index is -0.497. The van der Waals surface area contributed by atoms with Crippen LogP contribution in [-0.4, -0.2) is 35.6 Å². The Kier molecular flexibility index (Phi) is 9.16. The van der Waals surface area contributed by atoms with Crippen LogP contribution in [0.2, 0.25) is 10.0 Å². The van der Waals surface area contributed by atoms with E-state index in [-0.39, 0.29) is 17.6 Å². The van der Waals surface area contributed by atoms with E-state index in [2.05, 4.69) is 5.32 Å². The van der Waals surface area contributed by atoms with Gasteiger partial charge in [-0.25, -0.2) is 0 Å². The Balaban J connectivity index is 2.06. The summed E-state index contributed by atoms with van der Waals surface area (Å²) in [5.74, 6) is 0.699. The van der Waals surface area contributed by atoms with Gasteiger partial charge in [-0.15, -0.1) is 11.8 Å². The van der Waals surface area contributed by atoms with Crippen LogP contribution in [-0.2, 0) is 21.9 Å². The van der Waals surface area contributed by atoms with Crippen molar-refractivity contribution in [3.8, 4) is 0 Å². The third-order valence-electron chi connectivity index (χ3n) is 4.31. The Morgan fingerprint density at radius 1 is 1.07 bits per heavy atom. The highest BCUT2D eigenvalue weighted by Gasteiger charge is 2.27. The van der Waals surface area contributed by atoms with E-state index >= 15 is 0 Å². The fourth-order valence-corrected chi connectivity index (χ4v) is 4.01. The lowest BCUT2D eigenvalue weighted by atomic mass is 10.1. The van der Waals surface area contributed by atoms with Crippen LogP contribution >= 0.6 is 35.0 Å². The van der Waals surface area contributed by atoms with Gasteiger partial charge in [-0.2, -0.15) is 0 Å². The number of hydrogen-bond donors (Lipinski definition) is 1. The van der Waals surface area contributed by atoms with Gasteiger partial charge in [0.15, 0.2) is 0 Å². The van der Waals surface area contributed by atoms with Crippen molar-refractivity contribution in [1.82, 2.24) is 10.2 Å². The van der Waals surface area contributed by atoms with Crippen molar-refractivity contribution < 1.29 is 9.59 Å². The molecule has 2 aromatic carbocycles. The maximum absolute atomic E-state index is 13.0. The second-order valence-electron chi connectivity index (χ2n) is 6.29. The van der Waals surface area contributed by atoms with Crippen molar-refractivity contribution in [3.63, 3.8) is 0 Å². The predicted octanol–water partition coefficient (Wildman–Crippen LogP) is 4.78. The summed E-state index contributed by atoms with van der Waals surface area (Å²) in [5.41, 5.74) is 1.99. The Morgan fingerprint density at radius 3 is 2.39 bits per heavy atom. The molecule has 7 heteroatoms. The topological polar surface area (TPSA) is 49.4 Å². The van der Waals surface area contributed by atoms with Crippen LogP contribution in [0.4, 0.5) is 0 Å². The Morgan fingerprint density at radius 2 is 1.79 bits per heavy atom. The van der Waals surface area contributed by atoms with Gasteiger partial charge in [0, 0.05) is 19.3 Å². The number of thioether (sulfide) groups is 1. The largest absolute Gasteiger partial charge is 0.357 e. The second kappa shape index (κ2) is 11.3. The summed E-state index contributed by atoms with van der Waals surface area (Å²) in [7, 11) is 1.59. The Labute approximate surface area is 180 Å². The summed E-state index contributed by atoms with van der Waals surface area (Å²) in [6.45, 7) is 2.31. The van der Waals surface area contributed by atoms with Crippen LogP contribution < -0.4 is 5.32 Å². The van der Waals surface area contributed by atoms with Crippen molar-refractivity contribution >= 4 is 46.8 Å². The lowest BCUT2D eigenvalue weighted by molar-refractivity contribution is -0.139. The van der Waals surface area contributed by atoms with Crippen molar-refractivity contribution in [1.29, 1.82) is 0 Å². The molecule has 28 heavy (non-hydrogen) atoms. The normalized spacial score (nSPS) is 11.7. The standard InChI is InChI=1S/C21H24Cl2N2O2S/c1-3-19(21(27)24-2)25(12-15-7-5-4-6-8-15)20(26)14-28-13-16-9-10-17(22)18(23)11-16/h4-11,19H,3,12-14H2,1-2H3,(H,24,27). The summed E-state index contributed by atoms with van der Waals surface area (Å²) in [4.78, 5) is 26.9. The van der Waals surface area contributed by atoms with Gasteiger partial charge < -0.3 is 10.2 Å². The van der Waals surface area contributed by atoms with Crippen molar-refractivity contribution in [2.75, 3.05) is 12.8 Å². The van der Waals surface area contributed by atoms with Gasteiger partial charge in [-0.3, -0.25) is 9.59 Å². The van der Waals surface area contributed by atoms with Gasteiger partial charge in [0.1, 0.15) is 6.04 Å². The molecule has 1 atom stereocenters. The van der Waals surface area contributed by atoms with E-state index in [1.165, 1.54) is 11.8 Å². The lowest BCUT2D eigenvalue weighted by Gasteiger charge is -2.30. The van der Waals surface area contributed by atoms with Crippen LogP contribution in [0.25, 0.3) is 0 Å². The quantitative estimate of drug-likeness (QED) is 0.612. The second-order valence-corrected chi connectivity index (χ2v) is 8.09. The van der Waals surface area contributed by atoms with E-state index in [0.29, 0.717) is 28.8 Å². The van der Waals surface area contributed by atoms with Gasteiger partial charge in [-0.05, 0) is 29.7 Å². The number of halogens is 2. The van der Waals surface area contributed by atoms with Crippen LogP contribution in [0.5, 0.6) is 0 Å². The first-order valence-corrected chi connectivity index (χ1v) is 10.9. The maximum atomic E-state index is 13.0. The zero-order valence-corrected chi connectivity index (χ0v) is 18.3. The minimum absolute atomic E-state index is 0.0654. The molecule has 0 fully saturated rings. The molecule has 4 nitrogen and oxygen atoms in total. The molecule has 0 aliphatic heterocycles. The molecule has 0 bridgehead atoms. The molecule has 0 heterocycles. The lowest BCUT2D eigenvalue weighted by Crippen LogP contribution is -2.48. The highest BCUT2D eigenvalue weighted by Crippen LogP contribution is 2.25. The van der Waals surface area contributed by atoms with Gasteiger partial charge >= 0.3 is 0 Å². The number of carbonyl (C=O) groups excluding carboxylic acids is 2. The number of hydrogen-bond acceptors (Lipinski definition) is 3. The molecule has 2 aromatic rings. The number of rotatable bonds is 9. The monoisotopic (exact) mass is 438 g/mol. The predicted molar refractivity (Wildman–Crippen MR) is 118 cm³/mol. The number of nitrogens with one attached hydrogen (secondary N) is 1. The fraction of sp³-hybridized carbons (Fsp3) is 0.333. The molecule has 0 saturated carbocycles. The number of likely N-dealkylation sites (N-methyl/N-ethyl adjacent to an activating group) is 1. The summed E-state index contributed by atoms with van der Waals surface area (Å²) in [6.07, 6.45) is 0.551. The summed E-state index contributed by atoms with van der Waals surface area (Å²) in [6, 6.07) is 14.7. The number of benzene rings is 2. The molecule has 2 amide bonds. The first-order valence-electron chi connectivity index (χ1n) is 9.03. The van der Waals surface area contributed by atoms with Gasteiger partial charge in [0.2, 0.25) is 11.8 Å². The molecule has 0 saturated heterocycles. The average molecular weight is 439 g/mol. The van der Waals surface area contributed by atoms with Gasteiger partial charge in [0.05, 0.1) is 15.8 Å². The first kappa shape index (κ1) is 22.6. The number of carbonyl (C=O) groups is 2. The summed E-state index contributed by atoms with van der Waals surface area (Å²) in [5, 5.41) is 3.68. The summed E-state index contributed by atoms with van der Waals surface area (Å²) < 4.78 is 0. The molecule has 0 aromatic heterocycles. The zero-order chi connectivity index (χ0) is 20.5. The first-order chi connectivity index (χ1) is 13.5. The zero-order valence-electron chi connectivity index (χ0n) is 16.0. The molecule has 0 aliphatic carbocycles. The molecule has 0 aliphatic rings. The van der Waals surface area contributed by atoms with E-state index < -0.39 is 6.04 Å². The third kappa shape index (κ3) is 6.43. The average Bonchev–Trinajstić information content (AvgIpc) is 2.70. The van der Waals surface area contributed by atoms with Gasteiger partial charge in [-0.1, -0.05) is 66.5 Å². The van der Waals surface area contributed by atoms with Crippen molar-refractivity contribution in [2.45, 2.75) is 31.7 Å². The van der Waals surface area contributed by atoms with Crippen LogP contribution in [0, 0.1) is 0 Å². The van der Waals surface area contributed by atoms with E-state index in [4.69, 9.17) is 23.2 Å². The van der Waals surface area contributed by atoms with E-state index in [1.54, 1.807) is 18.0 Å². The molecule has 2 rings (SSSR count). The maximum Gasteiger partial charge on any atom is 0.242 e. The molecule has 1 N–H and O–H groups in total. The summed E-state index contributed by atoms with van der Waals surface area (Å²) >= 11 is 13.5. The van der Waals surface area contributed by atoms with Crippen LogP contribution in [0.15, 0.2) is 48.5 Å². The molecule has 150 valence electrons. The van der Waals surface area contributed by atoms with Crippen LogP contribution in [0.3, 0.4) is 0 Å². The number of amides is 2.